The molecule has 0 fully saturated rings. The second-order valence-corrected chi connectivity index (χ2v) is 7.69. The van der Waals surface area contributed by atoms with E-state index in [0.29, 0.717) is 16.4 Å². The Bertz CT molecular complexity index is 574. The molecule has 0 radical (unpaired) electrons. The van der Waals surface area contributed by atoms with Crippen molar-refractivity contribution in [2.45, 2.75) is 32.1 Å². The summed E-state index contributed by atoms with van der Waals surface area (Å²) in [4.78, 5) is 12.4. The lowest BCUT2D eigenvalue weighted by Crippen LogP contribution is -2.09. The quantitative estimate of drug-likeness (QED) is 0.788. The summed E-state index contributed by atoms with van der Waals surface area (Å²) in [6.07, 6.45) is 1.96. The van der Waals surface area contributed by atoms with Gasteiger partial charge in [-0.15, -0.1) is 11.3 Å². The maximum atomic E-state index is 12.0. The van der Waals surface area contributed by atoms with Gasteiger partial charge in [-0.3, -0.25) is 4.79 Å². The summed E-state index contributed by atoms with van der Waals surface area (Å²) in [6, 6.07) is 0. The highest BCUT2D eigenvalue weighted by molar-refractivity contribution is 7.91. The van der Waals surface area contributed by atoms with Crippen LogP contribution in [0.15, 0.2) is 4.90 Å². The van der Waals surface area contributed by atoms with Crippen LogP contribution in [0.2, 0.25) is 0 Å². The molecule has 1 aromatic rings. The van der Waals surface area contributed by atoms with E-state index in [4.69, 9.17) is 5.73 Å². The van der Waals surface area contributed by atoms with Gasteiger partial charge in [-0.1, -0.05) is 20.8 Å². The maximum absolute atomic E-state index is 12.0. The van der Waals surface area contributed by atoms with Gasteiger partial charge in [0.2, 0.25) is 0 Å². The molecule has 0 amide bonds. The molecule has 0 aliphatic rings. The number of hydrogen-bond acceptors (Lipinski definition) is 6. The molecule has 0 unspecified atom stereocenters. The van der Waals surface area contributed by atoms with Gasteiger partial charge < -0.3 is 11.1 Å². The van der Waals surface area contributed by atoms with Crippen LogP contribution in [0, 0.1) is 5.92 Å². The van der Waals surface area contributed by atoms with Gasteiger partial charge in [0.05, 0.1) is 10.6 Å². The highest BCUT2D eigenvalue weighted by Crippen LogP contribution is 2.40. The van der Waals surface area contributed by atoms with Crippen LogP contribution in [0.4, 0.5) is 10.7 Å². The van der Waals surface area contributed by atoms with Crippen LogP contribution in [0.1, 0.15) is 36.9 Å². The zero-order valence-electron chi connectivity index (χ0n) is 11.6. The maximum Gasteiger partial charge on any atom is 0.180 e. The number of anilines is 2. The SMILES string of the molecule is CCCNc1sc(C(=O)C(C)C)c(N)c1S(C)(=O)=O. The van der Waals surface area contributed by atoms with Crippen LogP contribution >= 0.6 is 11.3 Å². The van der Waals surface area contributed by atoms with Crippen LogP contribution < -0.4 is 11.1 Å². The molecule has 3 N–H and O–H groups in total. The summed E-state index contributed by atoms with van der Waals surface area (Å²) in [5.41, 5.74) is 5.95. The third-order valence-electron chi connectivity index (χ3n) is 2.55. The van der Waals surface area contributed by atoms with E-state index >= 15 is 0 Å². The molecule has 0 spiro atoms. The van der Waals surface area contributed by atoms with Gasteiger partial charge in [-0.05, 0) is 6.42 Å². The predicted molar refractivity (Wildman–Crippen MR) is 79.8 cm³/mol. The lowest BCUT2D eigenvalue weighted by molar-refractivity contribution is 0.0944. The van der Waals surface area contributed by atoms with E-state index in [1.54, 1.807) is 13.8 Å². The molecule has 108 valence electrons. The predicted octanol–water partition coefficient (Wildman–Crippen LogP) is 2.39. The van der Waals surface area contributed by atoms with Crippen molar-refractivity contribution in [2.24, 2.45) is 5.92 Å². The number of carbonyl (C=O) groups excluding carboxylic acids is 1. The largest absolute Gasteiger partial charge is 0.396 e. The summed E-state index contributed by atoms with van der Waals surface area (Å²) in [5, 5.41) is 3.50. The average Bonchev–Trinajstić information content (AvgIpc) is 2.61. The van der Waals surface area contributed by atoms with E-state index in [9.17, 15) is 13.2 Å². The summed E-state index contributed by atoms with van der Waals surface area (Å²) in [6.45, 7) is 6.14. The first-order valence-electron chi connectivity index (χ1n) is 6.10. The number of thiophene rings is 1. The first-order valence-corrected chi connectivity index (χ1v) is 8.81. The second kappa shape index (κ2) is 5.92. The average molecular weight is 304 g/mol. The Labute approximate surface area is 118 Å². The molecule has 0 aliphatic carbocycles. The molecular formula is C12H20N2O3S2. The van der Waals surface area contributed by atoms with Crippen molar-refractivity contribution >= 4 is 37.6 Å². The Kier molecular flexibility index (Phi) is 4.98. The van der Waals surface area contributed by atoms with Gasteiger partial charge in [0, 0.05) is 18.7 Å². The van der Waals surface area contributed by atoms with Crippen LogP contribution in [0.3, 0.4) is 0 Å². The smallest absolute Gasteiger partial charge is 0.180 e. The molecule has 19 heavy (non-hydrogen) atoms. The highest BCUT2D eigenvalue weighted by atomic mass is 32.2. The minimum Gasteiger partial charge on any atom is -0.396 e. The number of rotatable bonds is 6. The van der Waals surface area contributed by atoms with Gasteiger partial charge in [0.1, 0.15) is 9.90 Å². The number of Topliss-reactive ketones (excluding diaryl/α,β-unsaturated/α-hetero) is 1. The molecular weight excluding hydrogens is 284 g/mol. The van der Waals surface area contributed by atoms with Crippen molar-refractivity contribution in [1.82, 2.24) is 0 Å². The number of ketones is 1. The van der Waals surface area contributed by atoms with E-state index in [1.807, 2.05) is 6.92 Å². The zero-order valence-corrected chi connectivity index (χ0v) is 13.2. The number of sulfone groups is 1. The van der Waals surface area contributed by atoms with Gasteiger partial charge in [-0.25, -0.2) is 8.42 Å². The van der Waals surface area contributed by atoms with Crippen LogP contribution in [-0.4, -0.2) is 27.0 Å². The molecule has 1 aromatic heterocycles. The third-order valence-corrected chi connectivity index (χ3v) is 5.03. The van der Waals surface area contributed by atoms with Crippen molar-refractivity contribution < 1.29 is 13.2 Å². The lowest BCUT2D eigenvalue weighted by atomic mass is 10.1. The molecule has 1 rings (SSSR count). The van der Waals surface area contributed by atoms with Crippen molar-refractivity contribution in [2.75, 3.05) is 23.9 Å². The highest BCUT2D eigenvalue weighted by Gasteiger charge is 2.27. The summed E-state index contributed by atoms with van der Waals surface area (Å²) < 4.78 is 23.6. The standard InChI is InChI=1S/C12H20N2O3S2/c1-5-6-14-12-11(19(4,16)17)8(13)10(18-12)9(15)7(2)3/h7,14H,5-6,13H2,1-4H3. The lowest BCUT2D eigenvalue weighted by Gasteiger charge is -2.05. The molecule has 5 nitrogen and oxygen atoms in total. The fraction of sp³-hybridized carbons (Fsp3) is 0.583. The van der Waals surface area contributed by atoms with Gasteiger partial charge in [0.25, 0.3) is 0 Å². The molecule has 0 aliphatic heterocycles. The van der Waals surface area contributed by atoms with Crippen molar-refractivity contribution in [3.8, 4) is 0 Å². The zero-order chi connectivity index (χ0) is 14.8. The van der Waals surface area contributed by atoms with E-state index in [0.717, 1.165) is 24.0 Å². The van der Waals surface area contributed by atoms with E-state index in [1.165, 1.54) is 0 Å². The van der Waals surface area contributed by atoms with E-state index < -0.39 is 9.84 Å². The minimum atomic E-state index is -3.46. The van der Waals surface area contributed by atoms with Gasteiger partial charge >= 0.3 is 0 Å². The van der Waals surface area contributed by atoms with Gasteiger partial charge in [-0.2, -0.15) is 0 Å². The summed E-state index contributed by atoms with van der Waals surface area (Å²) in [7, 11) is -3.46. The third kappa shape index (κ3) is 3.48. The fourth-order valence-corrected chi connectivity index (χ4v) is 4.28. The monoisotopic (exact) mass is 304 g/mol. The molecule has 0 aromatic carbocycles. The number of nitrogens with one attached hydrogen (secondary N) is 1. The first-order chi connectivity index (χ1) is 8.70. The normalized spacial score (nSPS) is 11.8. The molecule has 0 saturated carbocycles. The van der Waals surface area contributed by atoms with E-state index in [-0.39, 0.29) is 22.3 Å². The Morgan fingerprint density at radius 3 is 2.42 bits per heavy atom. The second-order valence-electron chi connectivity index (χ2n) is 4.72. The number of carbonyl (C=O) groups is 1. The molecule has 0 atom stereocenters. The van der Waals surface area contributed by atoms with Crippen LogP contribution in [0.5, 0.6) is 0 Å². The fourth-order valence-electron chi connectivity index (χ4n) is 1.60. The van der Waals surface area contributed by atoms with E-state index in [2.05, 4.69) is 5.32 Å². The first kappa shape index (κ1) is 16.0. The van der Waals surface area contributed by atoms with Crippen LogP contribution in [0.25, 0.3) is 0 Å². The van der Waals surface area contributed by atoms with Crippen LogP contribution in [-0.2, 0) is 9.84 Å². The number of hydrogen-bond donors (Lipinski definition) is 2. The summed E-state index contributed by atoms with van der Waals surface area (Å²) >= 11 is 1.12. The molecule has 0 saturated heterocycles. The van der Waals surface area contributed by atoms with Gasteiger partial charge in [0.15, 0.2) is 15.6 Å². The number of nitrogens with two attached hydrogens (primary N) is 1. The minimum absolute atomic E-state index is 0.0509. The molecule has 7 heteroatoms. The number of nitrogen functional groups attached to an aromatic ring is 1. The Morgan fingerprint density at radius 1 is 1.42 bits per heavy atom. The Hall–Kier alpha value is -1.08. The Balaban J connectivity index is 3.39. The Morgan fingerprint density at radius 2 is 2.00 bits per heavy atom. The molecule has 1 heterocycles. The van der Waals surface area contributed by atoms with Crippen molar-refractivity contribution in [3.05, 3.63) is 4.88 Å². The van der Waals surface area contributed by atoms with Crippen molar-refractivity contribution in [3.63, 3.8) is 0 Å². The molecule has 0 bridgehead atoms. The summed E-state index contributed by atoms with van der Waals surface area (Å²) in [5.74, 6) is -0.343. The topological polar surface area (TPSA) is 89.3 Å². The van der Waals surface area contributed by atoms with Crippen molar-refractivity contribution in [1.29, 1.82) is 0 Å².